The van der Waals surface area contributed by atoms with E-state index in [0.29, 0.717) is 33.8 Å². The van der Waals surface area contributed by atoms with Crippen LogP contribution < -0.4 is 9.47 Å². The highest BCUT2D eigenvalue weighted by Crippen LogP contribution is 2.25. The third kappa shape index (κ3) is 6.11. The summed E-state index contributed by atoms with van der Waals surface area (Å²) in [4.78, 5) is 47.9. The Hall–Kier alpha value is -5.24. The molecule has 0 saturated carbocycles. The topological polar surface area (TPSA) is 105 Å². The minimum atomic E-state index is -0.555. The molecule has 0 aliphatic carbocycles. The first-order chi connectivity index (χ1) is 18.4. The Bertz CT molecular complexity index is 1340. The second kappa shape index (κ2) is 11.7. The zero-order valence-electron chi connectivity index (χ0n) is 20.5. The van der Waals surface area contributed by atoms with Gasteiger partial charge in [-0.3, -0.25) is 0 Å². The van der Waals surface area contributed by atoms with Crippen LogP contribution >= 0.6 is 0 Å². The molecule has 8 heteroatoms. The Labute approximate surface area is 218 Å². The quantitative estimate of drug-likeness (QED) is 0.242. The number of benzene rings is 4. The molecule has 0 bridgehead atoms. The van der Waals surface area contributed by atoms with Gasteiger partial charge in [0.05, 0.1) is 36.5 Å². The number of methoxy groups -OCH3 is 2. The molecule has 0 unspecified atom stereocenters. The number of esters is 4. The third-order valence-electron chi connectivity index (χ3n) is 5.55. The normalized spacial score (nSPS) is 10.3. The number of hydrogen-bond donors (Lipinski definition) is 0. The summed E-state index contributed by atoms with van der Waals surface area (Å²) in [6, 6.07) is 25.8. The van der Waals surface area contributed by atoms with Crippen LogP contribution in [0.4, 0.5) is 0 Å². The minimum Gasteiger partial charge on any atom is -0.465 e. The van der Waals surface area contributed by atoms with Gasteiger partial charge in [-0.1, -0.05) is 24.3 Å². The molecule has 4 aromatic carbocycles. The van der Waals surface area contributed by atoms with Crippen LogP contribution in [0.2, 0.25) is 0 Å². The van der Waals surface area contributed by atoms with E-state index >= 15 is 0 Å². The van der Waals surface area contributed by atoms with Crippen molar-refractivity contribution in [2.45, 2.75) is 0 Å². The first kappa shape index (κ1) is 25.8. The molecular formula is C30H22O8. The predicted octanol–water partition coefficient (Wildman–Crippen LogP) is 5.37. The molecule has 4 rings (SSSR count). The van der Waals surface area contributed by atoms with Gasteiger partial charge in [-0.05, 0) is 83.9 Å². The van der Waals surface area contributed by atoms with Gasteiger partial charge >= 0.3 is 23.9 Å². The first-order valence-electron chi connectivity index (χ1n) is 11.4. The summed E-state index contributed by atoms with van der Waals surface area (Å²) in [5.74, 6) is -1.36. The Balaban J connectivity index is 1.36. The van der Waals surface area contributed by atoms with E-state index in [9.17, 15) is 19.2 Å². The molecule has 0 atom stereocenters. The Morgan fingerprint density at radius 2 is 0.658 bits per heavy atom. The van der Waals surface area contributed by atoms with Crippen molar-refractivity contribution in [1.29, 1.82) is 0 Å². The fourth-order valence-corrected chi connectivity index (χ4v) is 3.48. The van der Waals surface area contributed by atoms with Gasteiger partial charge in [0.1, 0.15) is 11.5 Å². The van der Waals surface area contributed by atoms with E-state index in [-0.39, 0.29) is 0 Å². The summed E-state index contributed by atoms with van der Waals surface area (Å²) in [7, 11) is 2.57. The van der Waals surface area contributed by atoms with Crippen LogP contribution in [0.25, 0.3) is 11.1 Å². The number of carbonyl (C=O) groups excluding carboxylic acids is 4. The molecule has 0 aliphatic heterocycles. The predicted molar refractivity (Wildman–Crippen MR) is 137 cm³/mol. The Kier molecular flexibility index (Phi) is 7.93. The SMILES string of the molecule is COC(=O)c1ccc(C(=O)Oc2ccc(-c3ccc(OC(=O)c4ccc(C(=O)OC)cc4)cc3)cc2)cc1. The highest BCUT2D eigenvalue weighted by atomic mass is 16.5. The maximum atomic E-state index is 12.4. The summed E-state index contributed by atoms with van der Waals surface area (Å²) < 4.78 is 20.1. The molecule has 0 N–H and O–H groups in total. The van der Waals surface area contributed by atoms with E-state index in [1.807, 2.05) is 0 Å². The highest BCUT2D eigenvalue weighted by Gasteiger charge is 2.13. The van der Waals surface area contributed by atoms with Crippen molar-refractivity contribution in [3.8, 4) is 22.6 Å². The molecule has 0 saturated heterocycles. The smallest absolute Gasteiger partial charge is 0.343 e. The molecule has 0 aliphatic rings. The van der Waals surface area contributed by atoms with Crippen LogP contribution in [0.15, 0.2) is 97.1 Å². The maximum absolute atomic E-state index is 12.4. The lowest BCUT2D eigenvalue weighted by atomic mass is 10.1. The summed E-state index contributed by atoms with van der Waals surface area (Å²) >= 11 is 0. The Morgan fingerprint density at radius 3 is 0.921 bits per heavy atom. The van der Waals surface area contributed by atoms with Crippen LogP contribution in [0, 0.1) is 0 Å². The molecule has 0 aromatic heterocycles. The van der Waals surface area contributed by atoms with Gasteiger partial charge in [0.2, 0.25) is 0 Å². The minimum absolute atomic E-state index is 0.297. The van der Waals surface area contributed by atoms with Gasteiger partial charge in [0, 0.05) is 0 Å². The van der Waals surface area contributed by atoms with Crippen LogP contribution in [0.5, 0.6) is 11.5 Å². The van der Waals surface area contributed by atoms with E-state index in [2.05, 4.69) is 9.47 Å². The fourth-order valence-electron chi connectivity index (χ4n) is 3.48. The van der Waals surface area contributed by atoms with Crippen molar-refractivity contribution in [3.05, 3.63) is 119 Å². The van der Waals surface area contributed by atoms with E-state index in [1.54, 1.807) is 48.5 Å². The van der Waals surface area contributed by atoms with Crippen LogP contribution in [-0.2, 0) is 9.47 Å². The summed E-state index contributed by atoms with van der Waals surface area (Å²) in [6.45, 7) is 0. The maximum Gasteiger partial charge on any atom is 0.343 e. The molecule has 4 aromatic rings. The molecule has 0 radical (unpaired) electrons. The van der Waals surface area contributed by atoms with E-state index in [1.165, 1.54) is 62.8 Å². The van der Waals surface area contributed by atoms with E-state index in [0.717, 1.165) is 11.1 Å². The fraction of sp³-hybridized carbons (Fsp3) is 0.0667. The highest BCUT2D eigenvalue weighted by molar-refractivity contribution is 5.95. The largest absolute Gasteiger partial charge is 0.465 e. The molecular weight excluding hydrogens is 488 g/mol. The second-order valence-corrected chi connectivity index (χ2v) is 7.97. The lowest BCUT2D eigenvalue weighted by molar-refractivity contribution is 0.0591. The molecule has 190 valence electrons. The zero-order valence-corrected chi connectivity index (χ0v) is 20.5. The van der Waals surface area contributed by atoms with Gasteiger partial charge in [0.15, 0.2) is 0 Å². The van der Waals surface area contributed by atoms with E-state index < -0.39 is 23.9 Å². The third-order valence-corrected chi connectivity index (χ3v) is 5.55. The molecule has 0 heterocycles. The zero-order chi connectivity index (χ0) is 27.1. The van der Waals surface area contributed by atoms with Gasteiger partial charge < -0.3 is 18.9 Å². The number of ether oxygens (including phenoxy) is 4. The average Bonchev–Trinajstić information content (AvgIpc) is 2.97. The number of carbonyl (C=O) groups is 4. The molecule has 0 fully saturated rings. The van der Waals surface area contributed by atoms with Crippen molar-refractivity contribution in [2.24, 2.45) is 0 Å². The van der Waals surface area contributed by atoms with Crippen LogP contribution in [0.1, 0.15) is 41.4 Å². The van der Waals surface area contributed by atoms with Crippen LogP contribution in [-0.4, -0.2) is 38.1 Å². The van der Waals surface area contributed by atoms with Crippen molar-refractivity contribution in [1.82, 2.24) is 0 Å². The van der Waals surface area contributed by atoms with Gasteiger partial charge in [-0.25, -0.2) is 19.2 Å². The lowest BCUT2D eigenvalue weighted by Gasteiger charge is -2.08. The van der Waals surface area contributed by atoms with E-state index in [4.69, 9.17) is 9.47 Å². The number of rotatable bonds is 7. The van der Waals surface area contributed by atoms with Gasteiger partial charge in [0.25, 0.3) is 0 Å². The van der Waals surface area contributed by atoms with Crippen molar-refractivity contribution < 1.29 is 38.1 Å². The average molecular weight is 510 g/mol. The Morgan fingerprint density at radius 1 is 0.395 bits per heavy atom. The molecule has 0 spiro atoms. The molecule has 38 heavy (non-hydrogen) atoms. The summed E-state index contributed by atoms with van der Waals surface area (Å²) in [5.41, 5.74) is 3.00. The van der Waals surface area contributed by atoms with Gasteiger partial charge in [-0.2, -0.15) is 0 Å². The second-order valence-electron chi connectivity index (χ2n) is 7.97. The van der Waals surface area contributed by atoms with Crippen molar-refractivity contribution >= 4 is 23.9 Å². The monoisotopic (exact) mass is 510 g/mol. The first-order valence-corrected chi connectivity index (χ1v) is 11.4. The van der Waals surface area contributed by atoms with Gasteiger partial charge in [-0.15, -0.1) is 0 Å². The number of hydrogen-bond acceptors (Lipinski definition) is 8. The standard InChI is InChI=1S/C30H22O8/c1-35-27(31)21-3-7-23(8-4-21)29(33)37-25-15-11-19(12-16-25)20-13-17-26(18-14-20)38-30(34)24-9-5-22(6-10-24)28(32)36-2/h3-18H,1-2H3. The van der Waals surface area contributed by atoms with Crippen molar-refractivity contribution in [3.63, 3.8) is 0 Å². The molecule has 8 nitrogen and oxygen atoms in total. The summed E-state index contributed by atoms with van der Waals surface area (Å²) in [5, 5.41) is 0. The van der Waals surface area contributed by atoms with Crippen LogP contribution in [0.3, 0.4) is 0 Å². The van der Waals surface area contributed by atoms with Crippen molar-refractivity contribution in [2.75, 3.05) is 14.2 Å². The lowest BCUT2D eigenvalue weighted by Crippen LogP contribution is -2.09. The summed E-state index contributed by atoms with van der Waals surface area (Å²) in [6.07, 6.45) is 0. The molecule has 0 amide bonds.